The van der Waals surface area contributed by atoms with Crippen LogP contribution in [0, 0.1) is 0 Å². The molecule has 0 radical (unpaired) electrons. The van der Waals surface area contributed by atoms with Crippen LogP contribution in [0.15, 0.2) is 59.1 Å². The van der Waals surface area contributed by atoms with Crippen molar-refractivity contribution in [3.63, 3.8) is 0 Å². The molecule has 2 aromatic carbocycles. The van der Waals surface area contributed by atoms with Crippen molar-refractivity contribution in [2.75, 3.05) is 34.8 Å². The normalized spacial score (nSPS) is 14.2. The molecule has 1 aliphatic heterocycles. The fourth-order valence-corrected chi connectivity index (χ4v) is 4.17. The van der Waals surface area contributed by atoms with Crippen molar-refractivity contribution in [2.45, 2.75) is 0 Å². The maximum absolute atomic E-state index is 12.5. The Kier molecular flexibility index (Phi) is 5.36. The third kappa shape index (κ3) is 4.12. The van der Waals surface area contributed by atoms with Crippen molar-refractivity contribution in [1.29, 1.82) is 0 Å². The van der Waals surface area contributed by atoms with Crippen LogP contribution in [-0.2, 0) is 0 Å². The molecule has 0 spiro atoms. The lowest BCUT2D eigenvalue weighted by atomic mass is 10.1. The molecule has 0 unspecified atom stereocenters. The summed E-state index contributed by atoms with van der Waals surface area (Å²) in [6.45, 7) is 1.97. The number of anilines is 2. The zero-order valence-corrected chi connectivity index (χ0v) is 16.1. The Morgan fingerprint density at radius 2 is 1.89 bits per heavy atom. The maximum Gasteiger partial charge on any atom is 0.294 e. The summed E-state index contributed by atoms with van der Waals surface area (Å²) in [5, 5.41) is 7.41. The number of rotatable bonds is 4. The molecule has 1 aliphatic rings. The van der Waals surface area contributed by atoms with E-state index in [1.807, 2.05) is 54.2 Å². The number of carbonyl (C=O) groups is 1. The number of nitrogens with zero attached hydrogens (tertiary/aromatic N) is 2. The Hall–Kier alpha value is -2.44. The average Bonchev–Trinajstić information content (AvgIpc) is 3.20. The standard InChI is InChI=1S/C20H18ClN3O2S/c21-16-12-15(6-7-18(16)24-8-10-27-11-9-24)22-20(25)19-13-17(23-26-19)14-4-2-1-3-5-14/h1-7,12-13H,8-11H2,(H,22,25). The number of hydrogen-bond donors (Lipinski definition) is 1. The lowest BCUT2D eigenvalue weighted by Crippen LogP contribution is -2.32. The van der Waals surface area contributed by atoms with E-state index >= 15 is 0 Å². The smallest absolute Gasteiger partial charge is 0.294 e. The molecule has 1 fully saturated rings. The van der Waals surface area contributed by atoms with Gasteiger partial charge in [-0.05, 0) is 18.2 Å². The highest BCUT2D eigenvalue weighted by atomic mass is 35.5. The fourth-order valence-electron chi connectivity index (χ4n) is 2.97. The number of amides is 1. The molecule has 4 rings (SSSR count). The number of carbonyl (C=O) groups excluding carboxylic acids is 1. The van der Waals surface area contributed by atoms with Crippen LogP contribution in [0.1, 0.15) is 10.6 Å². The van der Waals surface area contributed by atoms with Crippen molar-refractivity contribution in [2.24, 2.45) is 0 Å². The Morgan fingerprint density at radius 1 is 1.11 bits per heavy atom. The van der Waals surface area contributed by atoms with E-state index in [0.29, 0.717) is 16.4 Å². The first kappa shape index (κ1) is 17.9. The van der Waals surface area contributed by atoms with E-state index in [1.54, 1.807) is 12.1 Å². The Morgan fingerprint density at radius 3 is 2.63 bits per heavy atom. The molecule has 2 heterocycles. The summed E-state index contributed by atoms with van der Waals surface area (Å²) in [6.07, 6.45) is 0. The molecule has 0 saturated carbocycles. The van der Waals surface area contributed by atoms with Gasteiger partial charge in [-0.25, -0.2) is 0 Å². The fraction of sp³-hybridized carbons (Fsp3) is 0.200. The van der Waals surface area contributed by atoms with Gasteiger partial charge in [0.15, 0.2) is 0 Å². The lowest BCUT2D eigenvalue weighted by molar-refractivity contribution is 0.0988. The first-order valence-corrected chi connectivity index (χ1v) is 10.2. The summed E-state index contributed by atoms with van der Waals surface area (Å²) < 4.78 is 5.20. The van der Waals surface area contributed by atoms with Gasteiger partial charge < -0.3 is 14.7 Å². The van der Waals surface area contributed by atoms with Crippen molar-refractivity contribution >= 4 is 40.6 Å². The summed E-state index contributed by atoms with van der Waals surface area (Å²) in [5.74, 6) is 2.00. The van der Waals surface area contributed by atoms with Crippen LogP contribution in [0.2, 0.25) is 5.02 Å². The predicted molar refractivity (Wildman–Crippen MR) is 111 cm³/mol. The van der Waals surface area contributed by atoms with Gasteiger partial charge in [-0.1, -0.05) is 47.1 Å². The summed E-state index contributed by atoms with van der Waals surface area (Å²) in [5.41, 5.74) is 3.14. The van der Waals surface area contributed by atoms with Gasteiger partial charge in [0.1, 0.15) is 5.69 Å². The van der Waals surface area contributed by atoms with Gasteiger partial charge in [0.2, 0.25) is 5.76 Å². The van der Waals surface area contributed by atoms with Gasteiger partial charge in [-0.3, -0.25) is 4.79 Å². The minimum atomic E-state index is -0.358. The first-order valence-electron chi connectivity index (χ1n) is 8.66. The van der Waals surface area contributed by atoms with E-state index in [2.05, 4.69) is 15.4 Å². The van der Waals surface area contributed by atoms with Crippen LogP contribution in [0.4, 0.5) is 11.4 Å². The highest BCUT2D eigenvalue weighted by molar-refractivity contribution is 7.99. The average molecular weight is 400 g/mol. The molecule has 138 valence electrons. The van der Waals surface area contributed by atoms with Gasteiger partial charge in [-0.2, -0.15) is 11.8 Å². The van der Waals surface area contributed by atoms with Crippen LogP contribution in [0.25, 0.3) is 11.3 Å². The van der Waals surface area contributed by atoms with Gasteiger partial charge in [0.05, 0.1) is 10.7 Å². The number of hydrogen-bond acceptors (Lipinski definition) is 5. The van der Waals surface area contributed by atoms with E-state index < -0.39 is 0 Å². The van der Waals surface area contributed by atoms with Crippen molar-refractivity contribution in [1.82, 2.24) is 5.16 Å². The van der Waals surface area contributed by atoms with Gasteiger partial charge >= 0.3 is 0 Å². The van der Waals surface area contributed by atoms with Crippen molar-refractivity contribution in [3.8, 4) is 11.3 Å². The number of nitrogens with one attached hydrogen (secondary N) is 1. The monoisotopic (exact) mass is 399 g/mol. The molecule has 1 saturated heterocycles. The minimum Gasteiger partial charge on any atom is -0.369 e. The Bertz CT molecular complexity index is 939. The molecular weight excluding hydrogens is 382 g/mol. The van der Waals surface area contributed by atoms with E-state index in [9.17, 15) is 4.79 Å². The highest BCUT2D eigenvalue weighted by Gasteiger charge is 2.17. The first-order chi connectivity index (χ1) is 13.2. The molecule has 5 nitrogen and oxygen atoms in total. The maximum atomic E-state index is 12.5. The van der Waals surface area contributed by atoms with Crippen molar-refractivity contribution in [3.05, 3.63) is 65.4 Å². The van der Waals surface area contributed by atoms with Crippen LogP contribution in [0.3, 0.4) is 0 Å². The van der Waals surface area contributed by atoms with Gasteiger partial charge in [0.25, 0.3) is 5.91 Å². The molecular formula is C20H18ClN3O2S. The highest BCUT2D eigenvalue weighted by Crippen LogP contribution is 2.31. The summed E-state index contributed by atoms with van der Waals surface area (Å²) in [4.78, 5) is 14.7. The quantitative estimate of drug-likeness (QED) is 0.682. The van der Waals surface area contributed by atoms with Crippen LogP contribution < -0.4 is 10.2 Å². The Labute approximate surface area is 166 Å². The van der Waals surface area contributed by atoms with E-state index in [0.717, 1.165) is 35.8 Å². The zero-order valence-electron chi connectivity index (χ0n) is 14.5. The largest absolute Gasteiger partial charge is 0.369 e. The molecule has 27 heavy (non-hydrogen) atoms. The molecule has 3 aromatic rings. The summed E-state index contributed by atoms with van der Waals surface area (Å²) in [6, 6.07) is 16.8. The molecule has 1 N–H and O–H groups in total. The molecule has 0 bridgehead atoms. The number of halogens is 1. The zero-order chi connectivity index (χ0) is 18.6. The second-order valence-electron chi connectivity index (χ2n) is 6.16. The van der Waals surface area contributed by atoms with E-state index in [4.69, 9.17) is 16.1 Å². The third-order valence-corrected chi connectivity index (χ3v) is 5.61. The number of thioether (sulfide) groups is 1. The van der Waals surface area contributed by atoms with E-state index in [-0.39, 0.29) is 11.7 Å². The summed E-state index contributed by atoms with van der Waals surface area (Å²) >= 11 is 8.39. The molecule has 7 heteroatoms. The van der Waals surface area contributed by atoms with Gasteiger partial charge in [-0.15, -0.1) is 0 Å². The SMILES string of the molecule is O=C(Nc1ccc(N2CCSCC2)c(Cl)c1)c1cc(-c2ccccc2)no1. The predicted octanol–water partition coefficient (Wildman–Crippen LogP) is 4.80. The Balaban J connectivity index is 1.47. The number of aromatic nitrogens is 1. The van der Waals surface area contributed by atoms with Crippen molar-refractivity contribution < 1.29 is 9.32 Å². The molecule has 0 atom stereocenters. The summed E-state index contributed by atoms with van der Waals surface area (Å²) in [7, 11) is 0. The van der Waals surface area contributed by atoms with E-state index in [1.165, 1.54) is 0 Å². The van der Waals surface area contributed by atoms with Crippen LogP contribution >= 0.6 is 23.4 Å². The number of benzene rings is 2. The van der Waals surface area contributed by atoms with Crippen LogP contribution in [0.5, 0.6) is 0 Å². The third-order valence-electron chi connectivity index (χ3n) is 4.36. The second kappa shape index (κ2) is 8.06. The molecule has 0 aliphatic carbocycles. The second-order valence-corrected chi connectivity index (χ2v) is 7.79. The van der Waals surface area contributed by atoms with Crippen LogP contribution in [-0.4, -0.2) is 35.7 Å². The molecule has 1 aromatic heterocycles. The van der Waals surface area contributed by atoms with Gasteiger partial charge in [0, 0.05) is 41.9 Å². The minimum absolute atomic E-state index is 0.155. The topological polar surface area (TPSA) is 58.4 Å². The lowest BCUT2D eigenvalue weighted by Gasteiger charge is -2.29. The molecule has 1 amide bonds.